The number of halogens is 1. The van der Waals surface area contributed by atoms with Crippen molar-refractivity contribution >= 4 is 39.4 Å². The van der Waals surface area contributed by atoms with Gasteiger partial charge in [0.2, 0.25) is 17.7 Å². The second kappa shape index (κ2) is 8.24. The highest BCUT2D eigenvalue weighted by atomic mass is 79.9. The van der Waals surface area contributed by atoms with Crippen LogP contribution in [0.25, 0.3) is 0 Å². The molecule has 1 fully saturated rings. The molecule has 1 unspecified atom stereocenters. The summed E-state index contributed by atoms with van der Waals surface area (Å²) in [7, 11) is 0. The fraction of sp³-hybridized carbons (Fsp3) is 0.412. The van der Waals surface area contributed by atoms with Crippen LogP contribution in [0.1, 0.15) is 24.2 Å². The predicted octanol–water partition coefficient (Wildman–Crippen LogP) is 0.731. The molecule has 1 aliphatic rings. The number of benzene rings is 1. The molecule has 0 radical (unpaired) electrons. The lowest BCUT2D eigenvalue weighted by molar-refractivity contribution is -0.147. The maximum atomic E-state index is 12.3. The molecule has 1 aromatic carbocycles. The Balaban J connectivity index is 1.89. The lowest BCUT2D eigenvalue weighted by Crippen LogP contribution is -2.61. The second-order valence-corrected chi connectivity index (χ2v) is 7.11. The lowest BCUT2D eigenvalue weighted by atomic mass is 10.0. The van der Waals surface area contributed by atoms with E-state index in [1.54, 1.807) is 24.3 Å². The van der Waals surface area contributed by atoms with E-state index in [0.29, 0.717) is 5.56 Å². The van der Waals surface area contributed by atoms with Gasteiger partial charge in [-0.2, -0.15) is 0 Å². The fourth-order valence-corrected chi connectivity index (χ4v) is 2.72. The summed E-state index contributed by atoms with van der Waals surface area (Å²) >= 11 is 3.29. The molecule has 1 atom stereocenters. The minimum absolute atomic E-state index is 0.0682. The molecular weight excluding hydrogens is 390 g/mol. The topological polar surface area (TPSA) is 95.6 Å². The summed E-state index contributed by atoms with van der Waals surface area (Å²) in [5.74, 6) is -1.36. The molecule has 8 heteroatoms. The van der Waals surface area contributed by atoms with Gasteiger partial charge in [-0.1, -0.05) is 41.9 Å². The molecule has 0 aromatic heterocycles. The van der Waals surface area contributed by atoms with Crippen molar-refractivity contribution in [2.45, 2.75) is 19.9 Å². The van der Waals surface area contributed by atoms with E-state index in [4.69, 9.17) is 0 Å². The van der Waals surface area contributed by atoms with Crippen molar-refractivity contribution in [3.8, 4) is 0 Å². The third-order valence-electron chi connectivity index (χ3n) is 3.84. The Kier molecular flexibility index (Phi) is 6.30. The number of nitrogens with one attached hydrogen (secondary N) is 2. The Morgan fingerprint density at radius 1 is 1.28 bits per heavy atom. The van der Waals surface area contributed by atoms with Crippen molar-refractivity contribution in [3.63, 3.8) is 0 Å². The number of hydrogen-bond donors (Lipinski definition) is 2. The van der Waals surface area contributed by atoms with Crippen molar-refractivity contribution < 1.29 is 19.2 Å². The zero-order chi connectivity index (χ0) is 18.6. The second-order valence-electron chi connectivity index (χ2n) is 6.19. The van der Waals surface area contributed by atoms with E-state index in [0.717, 1.165) is 4.47 Å². The molecule has 3 amide bonds. The van der Waals surface area contributed by atoms with Crippen molar-refractivity contribution in [3.05, 3.63) is 34.3 Å². The van der Waals surface area contributed by atoms with Gasteiger partial charge in [-0.25, -0.2) is 0 Å². The van der Waals surface area contributed by atoms with Crippen molar-refractivity contribution in [2.24, 2.45) is 5.92 Å². The number of hydrogen-bond acceptors (Lipinski definition) is 4. The summed E-state index contributed by atoms with van der Waals surface area (Å²) in [6.07, 6.45) is 0. The molecule has 1 aromatic rings. The first-order valence-corrected chi connectivity index (χ1v) is 8.71. The van der Waals surface area contributed by atoms with Crippen LogP contribution in [-0.2, 0) is 14.4 Å². The Labute approximate surface area is 154 Å². The molecule has 0 spiro atoms. The number of amides is 3. The Bertz CT molecular complexity index is 688. The number of carbonyl (C=O) groups excluding carboxylic acids is 4. The number of ketones is 1. The average Bonchev–Trinajstić information content (AvgIpc) is 2.56. The number of rotatable bonds is 6. The van der Waals surface area contributed by atoms with E-state index in [2.05, 4.69) is 26.6 Å². The molecule has 0 saturated carbocycles. The molecule has 0 bridgehead atoms. The zero-order valence-corrected chi connectivity index (χ0v) is 15.6. The van der Waals surface area contributed by atoms with Crippen LogP contribution in [-0.4, -0.2) is 54.1 Å². The minimum Gasteiger partial charge on any atom is -0.347 e. The smallest absolute Gasteiger partial charge is 0.246 e. The zero-order valence-electron chi connectivity index (χ0n) is 14.0. The van der Waals surface area contributed by atoms with E-state index in [1.165, 1.54) is 4.90 Å². The summed E-state index contributed by atoms with van der Waals surface area (Å²) < 4.78 is 0.856. The van der Waals surface area contributed by atoms with E-state index >= 15 is 0 Å². The van der Waals surface area contributed by atoms with Crippen LogP contribution in [0.3, 0.4) is 0 Å². The SMILES string of the molecule is CC(C)C1NC(=O)CN(CC(=O)NCC(=O)c2ccc(Br)cc2)C1=O. The average molecular weight is 410 g/mol. The normalized spacial score (nSPS) is 17.4. The number of carbonyl (C=O) groups is 4. The maximum Gasteiger partial charge on any atom is 0.246 e. The Morgan fingerprint density at radius 3 is 2.52 bits per heavy atom. The highest BCUT2D eigenvalue weighted by molar-refractivity contribution is 9.10. The van der Waals surface area contributed by atoms with Crippen molar-refractivity contribution in [1.82, 2.24) is 15.5 Å². The highest BCUT2D eigenvalue weighted by Crippen LogP contribution is 2.11. The highest BCUT2D eigenvalue weighted by Gasteiger charge is 2.35. The summed E-state index contributed by atoms with van der Waals surface area (Å²) in [5.41, 5.74) is 0.483. The van der Waals surface area contributed by atoms with Gasteiger partial charge in [-0.15, -0.1) is 0 Å². The molecule has 25 heavy (non-hydrogen) atoms. The van der Waals surface area contributed by atoms with Crippen LogP contribution in [0.4, 0.5) is 0 Å². The monoisotopic (exact) mass is 409 g/mol. The Hall–Kier alpha value is -2.22. The molecule has 1 saturated heterocycles. The quantitative estimate of drug-likeness (QED) is 0.676. The van der Waals surface area contributed by atoms with Gasteiger partial charge in [-0.3, -0.25) is 19.2 Å². The number of piperazine rings is 1. The van der Waals surface area contributed by atoms with E-state index in [-0.39, 0.29) is 43.1 Å². The third-order valence-corrected chi connectivity index (χ3v) is 4.37. The van der Waals surface area contributed by atoms with E-state index in [9.17, 15) is 19.2 Å². The van der Waals surface area contributed by atoms with Gasteiger partial charge in [0.15, 0.2) is 5.78 Å². The number of Topliss-reactive ketones (excluding diaryl/α,β-unsaturated/α-hetero) is 1. The van der Waals surface area contributed by atoms with Gasteiger partial charge < -0.3 is 15.5 Å². The summed E-state index contributed by atoms with van der Waals surface area (Å²) in [5, 5.41) is 5.12. The van der Waals surface area contributed by atoms with E-state index < -0.39 is 11.9 Å². The molecule has 1 heterocycles. The fourth-order valence-electron chi connectivity index (χ4n) is 2.46. The van der Waals surface area contributed by atoms with Crippen LogP contribution in [0.2, 0.25) is 0 Å². The predicted molar refractivity (Wildman–Crippen MR) is 94.8 cm³/mol. The van der Waals surface area contributed by atoms with Gasteiger partial charge in [0, 0.05) is 10.0 Å². The van der Waals surface area contributed by atoms with Crippen LogP contribution in [0.5, 0.6) is 0 Å². The molecule has 1 aliphatic heterocycles. The van der Waals surface area contributed by atoms with Gasteiger partial charge >= 0.3 is 0 Å². The minimum atomic E-state index is -0.626. The van der Waals surface area contributed by atoms with E-state index in [1.807, 2.05) is 13.8 Å². The van der Waals surface area contributed by atoms with Gasteiger partial charge in [0.05, 0.1) is 6.54 Å². The van der Waals surface area contributed by atoms with Gasteiger partial charge in [-0.05, 0) is 18.1 Å². The van der Waals surface area contributed by atoms with Crippen molar-refractivity contribution in [2.75, 3.05) is 19.6 Å². The summed E-state index contributed by atoms with van der Waals surface area (Å²) in [4.78, 5) is 49.3. The largest absolute Gasteiger partial charge is 0.347 e. The molecule has 0 aliphatic carbocycles. The van der Waals surface area contributed by atoms with Crippen LogP contribution < -0.4 is 10.6 Å². The van der Waals surface area contributed by atoms with Crippen molar-refractivity contribution in [1.29, 1.82) is 0 Å². The third kappa shape index (κ3) is 5.12. The first kappa shape index (κ1) is 19.1. The molecule has 134 valence electrons. The van der Waals surface area contributed by atoms with Crippen LogP contribution in [0.15, 0.2) is 28.7 Å². The standard InChI is InChI=1S/C17H20BrN3O4/c1-10(2)16-17(25)21(9-15(24)20-16)8-14(23)19-7-13(22)11-3-5-12(18)6-4-11/h3-6,10,16H,7-9H2,1-2H3,(H,19,23)(H,20,24). The van der Waals surface area contributed by atoms with Crippen LogP contribution >= 0.6 is 15.9 Å². The number of nitrogens with zero attached hydrogens (tertiary/aromatic N) is 1. The molecular formula is C17H20BrN3O4. The van der Waals surface area contributed by atoms with Crippen LogP contribution in [0, 0.1) is 5.92 Å². The molecule has 2 N–H and O–H groups in total. The summed E-state index contributed by atoms with van der Waals surface area (Å²) in [6, 6.07) is 6.17. The van der Waals surface area contributed by atoms with Gasteiger partial charge in [0.1, 0.15) is 19.1 Å². The summed E-state index contributed by atoms with van der Waals surface area (Å²) in [6.45, 7) is 3.08. The Morgan fingerprint density at radius 2 is 1.92 bits per heavy atom. The van der Waals surface area contributed by atoms with Gasteiger partial charge in [0.25, 0.3) is 0 Å². The molecule has 7 nitrogen and oxygen atoms in total. The maximum absolute atomic E-state index is 12.3. The molecule has 2 rings (SSSR count). The first-order valence-electron chi connectivity index (χ1n) is 7.91. The lowest BCUT2D eigenvalue weighted by Gasteiger charge is -2.33. The first-order chi connectivity index (χ1) is 11.8.